The van der Waals surface area contributed by atoms with E-state index in [2.05, 4.69) is 15.8 Å². The van der Waals surface area contributed by atoms with Gasteiger partial charge in [0.05, 0.1) is 31.4 Å². The summed E-state index contributed by atoms with van der Waals surface area (Å²) in [5.41, 5.74) is -0.158. The van der Waals surface area contributed by atoms with Gasteiger partial charge in [-0.3, -0.25) is 4.90 Å². The van der Waals surface area contributed by atoms with E-state index >= 15 is 0 Å². The summed E-state index contributed by atoms with van der Waals surface area (Å²) >= 11 is 0. The number of rotatable bonds is 5. The molecule has 2 amide bonds. The van der Waals surface area contributed by atoms with E-state index in [4.69, 9.17) is 14.0 Å². The lowest BCUT2D eigenvalue weighted by molar-refractivity contribution is 0.143. The minimum atomic E-state index is -0.812. The maximum atomic E-state index is 14.8. The fraction of sp³-hybridized carbons (Fsp3) is 0.389. The molecule has 0 saturated carbocycles. The molecule has 3 aliphatic heterocycles. The number of amides is 2. The topological polar surface area (TPSA) is 109 Å². The molecule has 0 aliphatic carbocycles. The molecule has 1 aromatic carbocycles. The van der Waals surface area contributed by atoms with Crippen molar-refractivity contribution in [3.8, 4) is 0 Å². The third-order valence-corrected chi connectivity index (χ3v) is 5.28. The Bertz CT molecular complexity index is 948. The van der Waals surface area contributed by atoms with Crippen molar-refractivity contribution in [2.75, 3.05) is 41.3 Å². The van der Waals surface area contributed by atoms with Gasteiger partial charge < -0.3 is 29.5 Å². The number of aromatic nitrogens is 1. The molecule has 0 radical (unpaired) electrons. The average Bonchev–Trinajstić information content (AvgIpc) is 3.44. The van der Waals surface area contributed by atoms with Crippen molar-refractivity contribution < 1.29 is 32.4 Å². The van der Waals surface area contributed by atoms with Crippen molar-refractivity contribution in [2.24, 2.45) is 0 Å². The van der Waals surface area contributed by atoms with Gasteiger partial charge in [0.1, 0.15) is 24.2 Å². The number of fused-ring (bicyclic) bond motifs is 1. The summed E-state index contributed by atoms with van der Waals surface area (Å²) in [6, 6.07) is 3.49. The minimum absolute atomic E-state index is 0.0617. The molecular weight excluding hydrogens is 404 g/mol. The maximum Gasteiger partial charge on any atom is 0.414 e. The zero-order chi connectivity index (χ0) is 20.8. The highest BCUT2D eigenvalue weighted by Crippen LogP contribution is 2.34. The van der Waals surface area contributed by atoms with Crippen LogP contribution in [0.4, 0.5) is 35.6 Å². The average molecular weight is 421 g/mol. The Balaban J connectivity index is 1.29. The standard InChI is InChI=1S/C18H17F2N5O5/c19-11-3-9(25-6-10(29-18(25)27)5-21-15-1-2-28-23-15)4-12(20)16(11)24-7-13-14(8-24)30-17(26)22-13/h1-4,10,13-14H,5-8H2,(H,21,23)(H,22,26)/t10-,13?,14?/m0/s1. The Hall–Kier alpha value is -3.57. The zero-order valence-corrected chi connectivity index (χ0v) is 15.5. The number of hydrogen-bond donors (Lipinski definition) is 2. The molecule has 10 nitrogen and oxygen atoms in total. The summed E-state index contributed by atoms with van der Waals surface area (Å²) in [4.78, 5) is 26.1. The molecule has 3 saturated heterocycles. The molecule has 30 heavy (non-hydrogen) atoms. The molecule has 1 aromatic heterocycles. The largest absolute Gasteiger partial charge is 0.442 e. The van der Waals surface area contributed by atoms with Gasteiger partial charge in [-0.2, -0.15) is 0 Å². The highest BCUT2D eigenvalue weighted by atomic mass is 19.1. The number of cyclic esters (lactones) is 1. The summed E-state index contributed by atoms with van der Waals surface area (Å²) in [5, 5.41) is 9.25. The van der Waals surface area contributed by atoms with E-state index < -0.39 is 36.0 Å². The summed E-state index contributed by atoms with van der Waals surface area (Å²) < 4.78 is 44.6. The predicted octanol–water partition coefficient (Wildman–Crippen LogP) is 1.69. The SMILES string of the molecule is O=C1NC2CN(c3c(F)cc(N4C[C@H](CNc5ccon5)OC4=O)cc3F)CC2O1. The smallest absolute Gasteiger partial charge is 0.414 e. The number of ether oxygens (including phenoxy) is 2. The third kappa shape index (κ3) is 3.23. The van der Waals surface area contributed by atoms with Crippen LogP contribution in [-0.2, 0) is 9.47 Å². The quantitative estimate of drug-likeness (QED) is 0.751. The fourth-order valence-electron chi connectivity index (χ4n) is 3.91. The minimum Gasteiger partial charge on any atom is -0.442 e. The van der Waals surface area contributed by atoms with Gasteiger partial charge in [-0.05, 0) is 0 Å². The Morgan fingerprint density at radius 2 is 1.97 bits per heavy atom. The van der Waals surface area contributed by atoms with Gasteiger partial charge in [-0.25, -0.2) is 18.4 Å². The third-order valence-electron chi connectivity index (χ3n) is 5.28. The van der Waals surface area contributed by atoms with Crippen LogP contribution in [0.15, 0.2) is 29.0 Å². The molecule has 4 heterocycles. The number of anilines is 3. The lowest BCUT2D eigenvalue weighted by atomic mass is 10.2. The number of halogens is 2. The molecule has 158 valence electrons. The Kier molecular flexibility index (Phi) is 4.33. The molecular formula is C18H17F2N5O5. The van der Waals surface area contributed by atoms with E-state index in [0.29, 0.717) is 5.82 Å². The summed E-state index contributed by atoms with van der Waals surface area (Å²) in [6.45, 7) is 0.791. The number of carbonyl (C=O) groups is 2. The van der Waals surface area contributed by atoms with Gasteiger partial charge in [0.2, 0.25) is 0 Å². The van der Waals surface area contributed by atoms with Crippen LogP contribution in [0.1, 0.15) is 0 Å². The summed E-state index contributed by atoms with van der Waals surface area (Å²) in [5.74, 6) is -1.14. The van der Waals surface area contributed by atoms with Crippen molar-refractivity contribution in [2.45, 2.75) is 18.2 Å². The molecule has 3 fully saturated rings. The van der Waals surface area contributed by atoms with Gasteiger partial charge in [-0.1, -0.05) is 5.16 Å². The van der Waals surface area contributed by atoms with Crippen molar-refractivity contribution >= 4 is 29.4 Å². The highest BCUT2D eigenvalue weighted by molar-refractivity contribution is 5.90. The zero-order valence-electron chi connectivity index (χ0n) is 15.5. The Morgan fingerprint density at radius 3 is 2.67 bits per heavy atom. The first-order chi connectivity index (χ1) is 14.5. The van der Waals surface area contributed by atoms with Gasteiger partial charge in [0, 0.05) is 24.7 Å². The van der Waals surface area contributed by atoms with Crippen molar-refractivity contribution in [1.82, 2.24) is 10.5 Å². The second kappa shape index (κ2) is 7.04. The first kappa shape index (κ1) is 18.5. The second-order valence-corrected chi connectivity index (χ2v) is 7.24. The van der Waals surface area contributed by atoms with E-state index in [1.165, 1.54) is 16.1 Å². The Morgan fingerprint density at radius 1 is 1.17 bits per heavy atom. The van der Waals surface area contributed by atoms with Gasteiger partial charge >= 0.3 is 12.2 Å². The number of nitrogens with one attached hydrogen (secondary N) is 2. The summed E-state index contributed by atoms with van der Waals surface area (Å²) in [7, 11) is 0. The van der Waals surface area contributed by atoms with Crippen molar-refractivity contribution in [1.29, 1.82) is 0 Å². The summed E-state index contributed by atoms with van der Waals surface area (Å²) in [6.07, 6.45) is -0.807. The van der Waals surface area contributed by atoms with Gasteiger partial charge in [0.15, 0.2) is 17.5 Å². The van der Waals surface area contributed by atoms with E-state index in [-0.39, 0.29) is 43.6 Å². The van der Waals surface area contributed by atoms with Crippen molar-refractivity contribution in [3.05, 3.63) is 36.1 Å². The number of nitrogens with zero attached hydrogens (tertiary/aromatic N) is 3. The van der Waals surface area contributed by atoms with E-state index in [1.54, 1.807) is 6.07 Å². The van der Waals surface area contributed by atoms with E-state index in [1.807, 2.05) is 0 Å². The molecule has 2 aromatic rings. The molecule has 0 spiro atoms. The van der Waals surface area contributed by atoms with Crippen LogP contribution in [0.25, 0.3) is 0 Å². The van der Waals surface area contributed by atoms with Crippen molar-refractivity contribution in [3.63, 3.8) is 0 Å². The Labute approximate surface area is 168 Å². The second-order valence-electron chi connectivity index (χ2n) is 7.24. The fourth-order valence-corrected chi connectivity index (χ4v) is 3.91. The molecule has 3 aliphatic rings. The monoisotopic (exact) mass is 421 g/mol. The lowest BCUT2D eigenvalue weighted by Gasteiger charge is -2.22. The highest BCUT2D eigenvalue weighted by Gasteiger charge is 2.43. The number of alkyl carbamates (subject to hydrolysis) is 1. The van der Waals surface area contributed by atoms with Gasteiger partial charge in [0.25, 0.3) is 0 Å². The number of benzene rings is 1. The maximum absolute atomic E-state index is 14.8. The van der Waals surface area contributed by atoms with Crippen LogP contribution in [-0.4, -0.2) is 61.8 Å². The molecule has 3 atom stereocenters. The van der Waals surface area contributed by atoms with Crippen LogP contribution >= 0.6 is 0 Å². The number of carbonyl (C=O) groups excluding carboxylic acids is 2. The molecule has 5 rings (SSSR count). The number of hydrogen-bond acceptors (Lipinski definition) is 8. The molecule has 2 unspecified atom stereocenters. The first-order valence-corrected chi connectivity index (χ1v) is 9.31. The first-order valence-electron chi connectivity index (χ1n) is 9.31. The molecule has 0 bridgehead atoms. The van der Waals surface area contributed by atoms with Crippen LogP contribution in [0.3, 0.4) is 0 Å². The van der Waals surface area contributed by atoms with Crippen LogP contribution in [0, 0.1) is 11.6 Å². The van der Waals surface area contributed by atoms with Crippen LogP contribution in [0.2, 0.25) is 0 Å². The van der Waals surface area contributed by atoms with Gasteiger partial charge in [-0.15, -0.1) is 0 Å². The lowest BCUT2D eigenvalue weighted by Crippen LogP contribution is -2.33. The molecule has 12 heteroatoms. The normalized spacial score (nSPS) is 25.2. The predicted molar refractivity (Wildman–Crippen MR) is 98.4 cm³/mol. The van der Waals surface area contributed by atoms with E-state index in [0.717, 1.165) is 12.1 Å². The van der Waals surface area contributed by atoms with Crippen LogP contribution < -0.4 is 20.4 Å². The van der Waals surface area contributed by atoms with Crippen LogP contribution in [0.5, 0.6) is 0 Å². The molecule has 2 N–H and O–H groups in total. The van der Waals surface area contributed by atoms with E-state index in [9.17, 15) is 18.4 Å².